The smallest absolute Gasteiger partial charge is 0.161 e. The molecule has 1 aromatic heterocycles. The first-order valence-corrected chi connectivity index (χ1v) is 5.05. The van der Waals surface area contributed by atoms with E-state index >= 15 is 0 Å². The van der Waals surface area contributed by atoms with Crippen LogP contribution in [-0.2, 0) is 10.2 Å². The lowest BCUT2D eigenvalue weighted by atomic mass is 9.91. The van der Waals surface area contributed by atoms with E-state index in [0.717, 1.165) is 30.9 Å². The molecule has 1 atom stereocenters. The van der Waals surface area contributed by atoms with Crippen molar-refractivity contribution in [2.45, 2.75) is 18.8 Å². The third kappa shape index (κ3) is 1.51. The number of carbonyl (C=O) groups is 1. The van der Waals surface area contributed by atoms with Crippen molar-refractivity contribution in [3.05, 3.63) is 16.1 Å². The standard InChI is InChI=1S/C9H11NO2S/c1-9(2-3-12-6-9)8-10-4-7(5-11)13-8/h4-5H,2-3,6H2,1H3. The van der Waals surface area contributed by atoms with Crippen LogP contribution in [0.2, 0.25) is 0 Å². The summed E-state index contributed by atoms with van der Waals surface area (Å²) in [5.74, 6) is 0. The Morgan fingerprint density at radius 1 is 1.77 bits per heavy atom. The molecule has 1 unspecified atom stereocenters. The van der Waals surface area contributed by atoms with Gasteiger partial charge in [0.25, 0.3) is 0 Å². The molecular formula is C9H11NO2S. The fourth-order valence-corrected chi connectivity index (χ4v) is 2.35. The summed E-state index contributed by atoms with van der Waals surface area (Å²) in [4.78, 5) is 15.4. The maximum atomic E-state index is 10.5. The van der Waals surface area contributed by atoms with Crippen molar-refractivity contribution in [3.63, 3.8) is 0 Å². The zero-order chi connectivity index (χ0) is 9.31. The Balaban J connectivity index is 2.28. The van der Waals surface area contributed by atoms with E-state index in [9.17, 15) is 4.79 Å². The lowest BCUT2D eigenvalue weighted by Gasteiger charge is -2.17. The second kappa shape index (κ2) is 3.20. The highest BCUT2D eigenvalue weighted by Crippen LogP contribution is 2.34. The number of thiazole rings is 1. The molecule has 1 aliphatic heterocycles. The molecule has 0 N–H and O–H groups in total. The Morgan fingerprint density at radius 3 is 3.15 bits per heavy atom. The summed E-state index contributed by atoms with van der Waals surface area (Å²) in [7, 11) is 0. The third-order valence-corrected chi connectivity index (χ3v) is 3.60. The van der Waals surface area contributed by atoms with Crippen molar-refractivity contribution in [1.29, 1.82) is 0 Å². The molecule has 0 aromatic carbocycles. The van der Waals surface area contributed by atoms with Crippen LogP contribution in [0, 0.1) is 0 Å². The van der Waals surface area contributed by atoms with Crippen molar-refractivity contribution < 1.29 is 9.53 Å². The number of nitrogens with zero attached hydrogens (tertiary/aromatic N) is 1. The van der Waals surface area contributed by atoms with Gasteiger partial charge < -0.3 is 4.74 Å². The number of hydrogen-bond acceptors (Lipinski definition) is 4. The maximum Gasteiger partial charge on any atom is 0.161 e. The molecular weight excluding hydrogens is 186 g/mol. The highest BCUT2D eigenvalue weighted by Gasteiger charge is 2.34. The number of hydrogen-bond donors (Lipinski definition) is 0. The van der Waals surface area contributed by atoms with Crippen molar-refractivity contribution in [1.82, 2.24) is 4.98 Å². The van der Waals surface area contributed by atoms with Crippen LogP contribution in [0.1, 0.15) is 28.0 Å². The van der Waals surface area contributed by atoms with Crippen LogP contribution in [0.4, 0.5) is 0 Å². The van der Waals surface area contributed by atoms with E-state index in [4.69, 9.17) is 4.74 Å². The molecule has 0 saturated carbocycles. The molecule has 70 valence electrons. The van der Waals surface area contributed by atoms with Crippen molar-refractivity contribution in [2.75, 3.05) is 13.2 Å². The summed E-state index contributed by atoms with van der Waals surface area (Å²) < 4.78 is 5.34. The summed E-state index contributed by atoms with van der Waals surface area (Å²) in [6, 6.07) is 0. The van der Waals surface area contributed by atoms with Crippen LogP contribution in [0.3, 0.4) is 0 Å². The van der Waals surface area contributed by atoms with E-state index in [1.165, 1.54) is 11.3 Å². The lowest BCUT2D eigenvalue weighted by Crippen LogP contribution is -2.21. The highest BCUT2D eigenvalue weighted by molar-refractivity contribution is 7.13. The quantitative estimate of drug-likeness (QED) is 0.676. The largest absolute Gasteiger partial charge is 0.380 e. The van der Waals surface area contributed by atoms with Gasteiger partial charge in [-0.05, 0) is 6.42 Å². The molecule has 0 spiro atoms. The van der Waals surface area contributed by atoms with Crippen molar-refractivity contribution >= 4 is 17.6 Å². The molecule has 13 heavy (non-hydrogen) atoms. The molecule has 3 nitrogen and oxygen atoms in total. The van der Waals surface area contributed by atoms with E-state index in [0.29, 0.717) is 4.88 Å². The Labute approximate surface area is 80.8 Å². The van der Waals surface area contributed by atoms with E-state index in [2.05, 4.69) is 11.9 Å². The molecule has 1 saturated heterocycles. The molecule has 4 heteroatoms. The summed E-state index contributed by atoms with van der Waals surface area (Å²) in [5, 5.41) is 1.02. The van der Waals surface area contributed by atoms with Crippen LogP contribution in [-0.4, -0.2) is 24.5 Å². The van der Waals surface area contributed by atoms with Crippen LogP contribution in [0.5, 0.6) is 0 Å². The maximum absolute atomic E-state index is 10.5. The Morgan fingerprint density at radius 2 is 2.62 bits per heavy atom. The van der Waals surface area contributed by atoms with Gasteiger partial charge in [0.05, 0.1) is 11.5 Å². The minimum atomic E-state index is 0.0337. The van der Waals surface area contributed by atoms with Gasteiger partial charge in [0.2, 0.25) is 0 Å². The zero-order valence-corrected chi connectivity index (χ0v) is 8.26. The van der Waals surface area contributed by atoms with E-state index in [1.54, 1.807) is 6.20 Å². The Bertz CT molecular complexity index is 315. The second-order valence-electron chi connectivity index (χ2n) is 3.55. The highest BCUT2D eigenvalue weighted by atomic mass is 32.1. The van der Waals surface area contributed by atoms with Gasteiger partial charge in [0.1, 0.15) is 5.01 Å². The van der Waals surface area contributed by atoms with Gasteiger partial charge in [-0.15, -0.1) is 11.3 Å². The van der Waals surface area contributed by atoms with Crippen LogP contribution in [0.15, 0.2) is 6.20 Å². The predicted molar refractivity (Wildman–Crippen MR) is 50.3 cm³/mol. The van der Waals surface area contributed by atoms with E-state index < -0.39 is 0 Å². The lowest BCUT2D eigenvalue weighted by molar-refractivity contribution is 0.112. The van der Waals surface area contributed by atoms with E-state index in [1.807, 2.05) is 0 Å². The monoisotopic (exact) mass is 197 g/mol. The van der Waals surface area contributed by atoms with Crippen LogP contribution >= 0.6 is 11.3 Å². The number of ether oxygens (including phenoxy) is 1. The van der Waals surface area contributed by atoms with Gasteiger partial charge in [0.15, 0.2) is 6.29 Å². The third-order valence-electron chi connectivity index (χ3n) is 2.37. The van der Waals surface area contributed by atoms with Gasteiger partial charge in [-0.3, -0.25) is 4.79 Å². The average Bonchev–Trinajstić information content (AvgIpc) is 2.72. The zero-order valence-electron chi connectivity index (χ0n) is 7.45. The molecule has 2 rings (SSSR count). The summed E-state index contributed by atoms with van der Waals surface area (Å²) >= 11 is 1.47. The first-order valence-electron chi connectivity index (χ1n) is 4.24. The molecule has 1 fully saturated rings. The fourth-order valence-electron chi connectivity index (χ4n) is 1.46. The summed E-state index contributed by atoms with van der Waals surface area (Å²) in [6.45, 7) is 3.65. The number of carbonyl (C=O) groups excluding carboxylic acids is 1. The van der Waals surface area contributed by atoms with Gasteiger partial charge in [0, 0.05) is 18.2 Å². The van der Waals surface area contributed by atoms with Gasteiger partial charge in [-0.2, -0.15) is 0 Å². The molecule has 0 radical (unpaired) electrons. The van der Waals surface area contributed by atoms with Gasteiger partial charge >= 0.3 is 0 Å². The summed E-state index contributed by atoms with van der Waals surface area (Å²) in [5.41, 5.74) is 0.0337. The minimum Gasteiger partial charge on any atom is -0.380 e. The van der Waals surface area contributed by atoms with E-state index in [-0.39, 0.29) is 5.41 Å². The molecule has 1 aromatic rings. The Hall–Kier alpha value is -0.740. The van der Waals surface area contributed by atoms with Crippen LogP contribution < -0.4 is 0 Å². The second-order valence-corrected chi connectivity index (χ2v) is 4.61. The fraction of sp³-hybridized carbons (Fsp3) is 0.556. The number of aromatic nitrogens is 1. The number of aldehydes is 1. The van der Waals surface area contributed by atoms with Gasteiger partial charge in [-0.25, -0.2) is 4.98 Å². The Kier molecular flexibility index (Phi) is 2.17. The van der Waals surface area contributed by atoms with Gasteiger partial charge in [-0.1, -0.05) is 6.92 Å². The first kappa shape index (κ1) is 8.84. The predicted octanol–water partition coefficient (Wildman–Crippen LogP) is 1.63. The first-order chi connectivity index (χ1) is 6.24. The topological polar surface area (TPSA) is 39.2 Å². The molecule has 0 bridgehead atoms. The number of rotatable bonds is 2. The van der Waals surface area contributed by atoms with Crippen molar-refractivity contribution in [3.8, 4) is 0 Å². The van der Waals surface area contributed by atoms with Crippen molar-refractivity contribution in [2.24, 2.45) is 0 Å². The summed E-state index contributed by atoms with van der Waals surface area (Å²) in [6.07, 6.45) is 3.48. The molecule has 0 aliphatic carbocycles. The molecule has 0 amide bonds. The average molecular weight is 197 g/mol. The molecule has 2 heterocycles. The minimum absolute atomic E-state index is 0.0337. The van der Waals surface area contributed by atoms with Crippen LogP contribution in [0.25, 0.3) is 0 Å². The normalized spacial score (nSPS) is 27.8. The SMILES string of the molecule is CC1(c2ncc(C=O)s2)CCOC1. The molecule has 1 aliphatic rings.